The SMILES string of the molecule is COCc1cccc(CC(=O)NCC2(C(=O)O)CC2)c1. The molecule has 2 rings (SSSR count). The zero-order valence-corrected chi connectivity index (χ0v) is 11.5. The van der Waals surface area contributed by atoms with E-state index in [-0.39, 0.29) is 18.9 Å². The number of hydrogen-bond donors (Lipinski definition) is 2. The maximum absolute atomic E-state index is 11.8. The average molecular weight is 277 g/mol. The van der Waals surface area contributed by atoms with E-state index in [1.165, 1.54) is 0 Å². The quantitative estimate of drug-likeness (QED) is 0.789. The van der Waals surface area contributed by atoms with Gasteiger partial charge < -0.3 is 15.2 Å². The van der Waals surface area contributed by atoms with E-state index in [2.05, 4.69) is 5.32 Å². The first kappa shape index (κ1) is 14.5. The minimum absolute atomic E-state index is 0.146. The van der Waals surface area contributed by atoms with Gasteiger partial charge in [0.2, 0.25) is 5.91 Å². The smallest absolute Gasteiger partial charge is 0.311 e. The molecule has 0 bridgehead atoms. The van der Waals surface area contributed by atoms with Gasteiger partial charge in [0.05, 0.1) is 18.4 Å². The van der Waals surface area contributed by atoms with Crippen molar-refractivity contribution in [3.63, 3.8) is 0 Å². The Kier molecular flexibility index (Phi) is 4.39. The summed E-state index contributed by atoms with van der Waals surface area (Å²) in [6.45, 7) is 0.733. The Morgan fingerprint density at radius 1 is 1.35 bits per heavy atom. The number of hydrogen-bond acceptors (Lipinski definition) is 3. The van der Waals surface area contributed by atoms with Gasteiger partial charge in [-0.3, -0.25) is 9.59 Å². The van der Waals surface area contributed by atoms with Crippen LogP contribution in [0.2, 0.25) is 0 Å². The molecule has 1 amide bonds. The molecule has 0 spiro atoms. The Balaban J connectivity index is 1.85. The molecule has 5 heteroatoms. The normalized spacial score (nSPS) is 15.7. The monoisotopic (exact) mass is 277 g/mol. The zero-order chi connectivity index (χ0) is 14.6. The Morgan fingerprint density at radius 2 is 2.05 bits per heavy atom. The van der Waals surface area contributed by atoms with Crippen LogP contribution in [0.25, 0.3) is 0 Å². The van der Waals surface area contributed by atoms with E-state index in [0.29, 0.717) is 19.4 Å². The highest BCUT2D eigenvalue weighted by Crippen LogP contribution is 2.45. The van der Waals surface area contributed by atoms with Gasteiger partial charge in [-0.25, -0.2) is 0 Å². The molecule has 1 aromatic rings. The molecule has 20 heavy (non-hydrogen) atoms. The molecule has 1 aliphatic rings. The van der Waals surface area contributed by atoms with E-state index in [1.807, 2.05) is 24.3 Å². The number of benzene rings is 1. The molecule has 0 saturated heterocycles. The van der Waals surface area contributed by atoms with Crippen molar-refractivity contribution >= 4 is 11.9 Å². The number of nitrogens with one attached hydrogen (secondary N) is 1. The van der Waals surface area contributed by atoms with Gasteiger partial charge in [-0.2, -0.15) is 0 Å². The van der Waals surface area contributed by atoms with E-state index < -0.39 is 11.4 Å². The molecule has 1 fully saturated rings. The maximum Gasteiger partial charge on any atom is 0.311 e. The summed E-state index contributed by atoms with van der Waals surface area (Å²) in [5, 5.41) is 11.8. The van der Waals surface area contributed by atoms with Crippen LogP contribution in [0.3, 0.4) is 0 Å². The molecule has 0 radical (unpaired) electrons. The van der Waals surface area contributed by atoms with Crippen LogP contribution in [0.5, 0.6) is 0 Å². The topological polar surface area (TPSA) is 75.6 Å². The van der Waals surface area contributed by atoms with Gasteiger partial charge in [-0.05, 0) is 24.0 Å². The molecule has 108 valence electrons. The van der Waals surface area contributed by atoms with Crippen LogP contribution in [0.15, 0.2) is 24.3 Å². The highest BCUT2D eigenvalue weighted by atomic mass is 16.5. The van der Waals surface area contributed by atoms with Crippen molar-refractivity contribution in [1.82, 2.24) is 5.32 Å². The van der Waals surface area contributed by atoms with Crippen molar-refractivity contribution in [3.8, 4) is 0 Å². The summed E-state index contributed by atoms with van der Waals surface area (Å²) in [4.78, 5) is 22.8. The molecule has 2 N–H and O–H groups in total. The fourth-order valence-electron chi connectivity index (χ4n) is 2.13. The lowest BCUT2D eigenvalue weighted by Crippen LogP contribution is -2.35. The Labute approximate surface area is 117 Å². The molecule has 0 unspecified atom stereocenters. The third kappa shape index (κ3) is 3.57. The van der Waals surface area contributed by atoms with E-state index >= 15 is 0 Å². The summed E-state index contributed by atoms with van der Waals surface area (Å²) in [6.07, 6.45) is 1.55. The zero-order valence-electron chi connectivity index (χ0n) is 11.5. The van der Waals surface area contributed by atoms with E-state index in [0.717, 1.165) is 11.1 Å². The lowest BCUT2D eigenvalue weighted by Gasteiger charge is -2.11. The van der Waals surface area contributed by atoms with E-state index in [4.69, 9.17) is 9.84 Å². The molecule has 1 aromatic carbocycles. The van der Waals surface area contributed by atoms with Crippen molar-refractivity contribution in [2.24, 2.45) is 5.41 Å². The highest BCUT2D eigenvalue weighted by molar-refractivity contribution is 5.82. The van der Waals surface area contributed by atoms with Gasteiger partial charge in [-0.15, -0.1) is 0 Å². The van der Waals surface area contributed by atoms with Crippen LogP contribution in [0.1, 0.15) is 24.0 Å². The van der Waals surface area contributed by atoms with E-state index in [1.54, 1.807) is 7.11 Å². The minimum atomic E-state index is -0.820. The molecule has 0 aromatic heterocycles. The fourth-order valence-corrected chi connectivity index (χ4v) is 2.13. The summed E-state index contributed by atoms with van der Waals surface area (Å²) in [6, 6.07) is 7.63. The maximum atomic E-state index is 11.8. The van der Waals surface area contributed by atoms with Crippen LogP contribution in [0.4, 0.5) is 0 Å². The second-order valence-corrected chi connectivity index (χ2v) is 5.29. The van der Waals surface area contributed by atoms with Crippen molar-refractivity contribution in [2.45, 2.75) is 25.9 Å². The second kappa shape index (κ2) is 6.05. The van der Waals surface area contributed by atoms with Crippen LogP contribution in [-0.4, -0.2) is 30.6 Å². The summed E-state index contributed by atoms with van der Waals surface area (Å²) >= 11 is 0. The van der Waals surface area contributed by atoms with Gasteiger partial charge in [0, 0.05) is 13.7 Å². The van der Waals surface area contributed by atoms with Gasteiger partial charge >= 0.3 is 5.97 Å². The highest BCUT2D eigenvalue weighted by Gasteiger charge is 2.50. The third-order valence-corrected chi connectivity index (χ3v) is 3.60. The second-order valence-electron chi connectivity index (χ2n) is 5.29. The lowest BCUT2D eigenvalue weighted by atomic mass is 10.1. The van der Waals surface area contributed by atoms with Crippen LogP contribution in [-0.2, 0) is 27.4 Å². The number of aliphatic carboxylic acids is 1. The predicted molar refractivity (Wildman–Crippen MR) is 73.2 cm³/mol. The number of amides is 1. The van der Waals surface area contributed by atoms with Gasteiger partial charge in [0.25, 0.3) is 0 Å². The van der Waals surface area contributed by atoms with E-state index in [9.17, 15) is 9.59 Å². The number of ether oxygens (including phenoxy) is 1. The molecule has 5 nitrogen and oxygen atoms in total. The summed E-state index contributed by atoms with van der Waals surface area (Å²) in [7, 11) is 1.63. The molecule has 0 aliphatic heterocycles. The van der Waals surface area contributed by atoms with Crippen molar-refractivity contribution < 1.29 is 19.4 Å². The molecular formula is C15H19NO4. The van der Waals surface area contributed by atoms with Gasteiger partial charge in [0.15, 0.2) is 0 Å². The predicted octanol–water partition coefficient (Wildman–Crippen LogP) is 1.36. The number of methoxy groups -OCH3 is 1. The summed E-state index contributed by atoms with van der Waals surface area (Å²) < 4.78 is 5.05. The molecule has 1 saturated carbocycles. The number of carbonyl (C=O) groups is 2. The Bertz CT molecular complexity index is 508. The summed E-state index contributed by atoms with van der Waals surface area (Å²) in [5.41, 5.74) is 1.20. The largest absolute Gasteiger partial charge is 0.481 e. The first-order valence-electron chi connectivity index (χ1n) is 6.63. The van der Waals surface area contributed by atoms with Crippen LogP contribution < -0.4 is 5.32 Å². The standard InChI is InChI=1S/C15H19NO4/c1-20-9-12-4-2-3-11(7-12)8-13(17)16-10-15(5-6-15)14(18)19/h2-4,7H,5-6,8-10H2,1H3,(H,16,17)(H,18,19). The Morgan fingerprint density at radius 3 is 2.65 bits per heavy atom. The first-order valence-corrected chi connectivity index (χ1v) is 6.63. The molecular weight excluding hydrogens is 258 g/mol. The molecule has 0 heterocycles. The third-order valence-electron chi connectivity index (χ3n) is 3.60. The number of carbonyl (C=O) groups excluding carboxylic acids is 1. The van der Waals surface area contributed by atoms with Crippen molar-refractivity contribution in [3.05, 3.63) is 35.4 Å². The van der Waals surface area contributed by atoms with Crippen LogP contribution in [0, 0.1) is 5.41 Å². The first-order chi connectivity index (χ1) is 9.55. The molecule has 1 aliphatic carbocycles. The lowest BCUT2D eigenvalue weighted by molar-refractivity contribution is -0.143. The van der Waals surface area contributed by atoms with Crippen molar-refractivity contribution in [1.29, 1.82) is 0 Å². The molecule has 0 atom stereocenters. The number of carboxylic acids is 1. The van der Waals surface area contributed by atoms with Crippen molar-refractivity contribution in [2.75, 3.05) is 13.7 Å². The van der Waals surface area contributed by atoms with Gasteiger partial charge in [0.1, 0.15) is 0 Å². The minimum Gasteiger partial charge on any atom is -0.481 e. The average Bonchev–Trinajstić information content (AvgIpc) is 3.18. The van der Waals surface area contributed by atoms with Gasteiger partial charge in [-0.1, -0.05) is 24.3 Å². The van der Waals surface area contributed by atoms with Crippen LogP contribution >= 0.6 is 0 Å². The fraction of sp³-hybridized carbons (Fsp3) is 0.467. The number of rotatable bonds is 7. The number of carboxylic acid groups (broad SMARTS) is 1. The Hall–Kier alpha value is -1.88. The summed E-state index contributed by atoms with van der Waals surface area (Å²) in [5.74, 6) is -0.966.